The van der Waals surface area contributed by atoms with Gasteiger partial charge in [-0.1, -0.05) is 29.8 Å². The molecule has 4 nitrogen and oxygen atoms in total. The molecule has 1 aromatic rings. The smallest absolute Gasteiger partial charge is 0.248 e. The zero-order valence-corrected chi connectivity index (χ0v) is 14.1. The van der Waals surface area contributed by atoms with Gasteiger partial charge in [-0.15, -0.1) is 0 Å². The molecule has 4 aliphatic rings. The van der Waals surface area contributed by atoms with Crippen LogP contribution in [0.4, 0.5) is 0 Å². The van der Waals surface area contributed by atoms with Gasteiger partial charge in [0.2, 0.25) is 5.91 Å². The van der Waals surface area contributed by atoms with Crippen LogP contribution in [0.2, 0.25) is 0 Å². The van der Waals surface area contributed by atoms with Crippen LogP contribution in [0.5, 0.6) is 0 Å². The Kier molecular flexibility index (Phi) is 3.90. The second kappa shape index (κ2) is 5.91. The summed E-state index contributed by atoms with van der Waals surface area (Å²) in [4.78, 5) is 17.4. The lowest BCUT2D eigenvalue weighted by Gasteiger charge is -2.51. The Balaban J connectivity index is 1.67. The number of ether oxygens (including phenoxy) is 1. The zero-order valence-electron chi connectivity index (χ0n) is 14.1. The molecule has 0 aliphatic carbocycles. The zero-order chi connectivity index (χ0) is 16.0. The van der Waals surface area contributed by atoms with Crippen LogP contribution in [0.3, 0.4) is 0 Å². The van der Waals surface area contributed by atoms with Crippen molar-refractivity contribution >= 4 is 5.91 Å². The summed E-state index contributed by atoms with van der Waals surface area (Å²) in [6, 6.07) is 9.77. The van der Waals surface area contributed by atoms with Gasteiger partial charge in [0, 0.05) is 25.6 Å². The van der Waals surface area contributed by atoms with Gasteiger partial charge in [-0.2, -0.15) is 0 Å². The highest BCUT2D eigenvalue weighted by Gasteiger charge is 2.54. The number of methoxy groups -OCH3 is 1. The molecule has 1 aromatic carbocycles. The fourth-order valence-electron chi connectivity index (χ4n) is 5.02. The highest BCUT2D eigenvalue weighted by atomic mass is 16.5. The molecule has 0 aromatic heterocycles. The van der Waals surface area contributed by atoms with Gasteiger partial charge < -0.3 is 9.64 Å². The first-order valence-electron chi connectivity index (χ1n) is 8.78. The van der Waals surface area contributed by atoms with E-state index in [9.17, 15) is 4.79 Å². The quantitative estimate of drug-likeness (QED) is 0.856. The van der Waals surface area contributed by atoms with Crippen molar-refractivity contribution in [2.45, 2.75) is 37.8 Å². The Labute approximate surface area is 138 Å². The van der Waals surface area contributed by atoms with Crippen LogP contribution >= 0.6 is 0 Å². The molecule has 4 heteroatoms. The number of nitrogens with zero attached hydrogens (tertiary/aromatic N) is 2. The van der Waals surface area contributed by atoms with E-state index in [2.05, 4.69) is 41.0 Å². The van der Waals surface area contributed by atoms with Gasteiger partial charge in [0.05, 0.1) is 6.04 Å². The van der Waals surface area contributed by atoms with Gasteiger partial charge in [-0.05, 0) is 44.3 Å². The van der Waals surface area contributed by atoms with Crippen molar-refractivity contribution < 1.29 is 9.53 Å². The Bertz CT molecular complexity index is 578. The Morgan fingerprint density at radius 2 is 1.87 bits per heavy atom. The number of amides is 1. The first-order valence-corrected chi connectivity index (χ1v) is 8.78. The molecule has 4 saturated heterocycles. The molecule has 0 spiro atoms. The van der Waals surface area contributed by atoms with Gasteiger partial charge in [-0.25, -0.2) is 0 Å². The van der Waals surface area contributed by atoms with E-state index in [1.165, 1.54) is 37.1 Å². The third-order valence-corrected chi connectivity index (χ3v) is 6.09. The van der Waals surface area contributed by atoms with Crippen LogP contribution in [0.25, 0.3) is 0 Å². The van der Waals surface area contributed by atoms with Crippen molar-refractivity contribution in [2.24, 2.45) is 5.92 Å². The van der Waals surface area contributed by atoms with E-state index in [1.807, 2.05) is 0 Å². The fourth-order valence-corrected chi connectivity index (χ4v) is 5.02. The fraction of sp³-hybridized carbons (Fsp3) is 0.632. The number of hydrogen-bond acceptors (Lipinski definition) is 3. The van der Waals surface area contributed by atoms with E-state index in [0.717, 1.165) is 6.54 Å². The lowest BCUT2D eigenvalue weighted by Crippen LogP contribution is -2.61. The molecule has 0 saturated carbocycles. The molecule has 2 bridgehead atoms. The average molecular weight is 314 g/mol. The maximum Gasteiger partial charge on any atom is 0.248 e. The summed E-state index contributed by atoms with van der Waals surface area (Å²) in [7, 11) is 1.61. The van der Waals surface area contributed by atoms with Crippen molar-refractivity contribution in [3.8, 4) is 0 Å². The highest BCUT2D eigenvalue weighted by Crippen LogP contribution is 2.46. The van der Waals surface area contributed by atoms with Crippen LogP contribution in [-0.4, -0.2) is 61.1 Å². The number of carbonyl (C=O) groups is 1. The number of aryl methyl sites for hydroxylation is 1. The largest absolute Gasteiger partial charge is 0.375 e. The summed E-state index contributed by atoms with van der Waals surface area (Å²) in [5, 5.41) is 0. The van der Waals surface area contributed by atoms with Crippen molar-refractivity contribution in [3.63, 3.8) is 0 Å². The van der Waals surface area contributed by atoms with Crippen molar-refractivity contribution in [1.82, 2.24) is 9.80 Å². The van der Waals surface area contributed by atoms with E-state index in [1.54, 1.807) is 7.11 Å². The van der Waals surface area contributed by atoms with Crippen molar-refractivity contribution in [1.29, 1.82) is 0 Å². The van der Waals surface area contributed by atoms with E-state index in [0.29, 0.717) is 23.9 Å². The summed E-state index contributed by atoms with van der Waals surface area (Å²) in [5.74, 6) is 1.26. The van der Waals surface area contributed by atoms with Crippen LogP contribution in [0.1, 0.15) is 29.9 Å². The van der Waals surface area contributed by atoms with Gasteiger partial charge in [-0.3, -0.25) is 9.69 Å². The molecular weight excluding hydrogens is 288 g/mol. The monoisotopic (exact) mass is 314 g/mol. The van der Waals surface area contributed by atoms with Crippen LogP contribution in [0.15, 0.2) is 24.3 Å². The number of likely N-dealkylation sites (tertiary alicyclic amines) is 1. The number of benzene rings is 1. The van der Waals surface area contributed by atoms with Gasteiger partial charge >= 0.3 is 0 Å². The van der Waals surface area contributed by atoms with E-state index < -0.39 is 0 Å². The predicted molar refractivity (Wildman–Crippen MR) is 89.4 cm³/mol. The van der Waals surface area contributed by atoms with E-state index in [4.69, 9.17) is 4.74 Å². The summed E-state index contributed by atoms with van der Waals surface area (Å²) in [6.07, 6.45) is 2.47. The third kappa shape index (κ3) is 2.48. The summed E-state index contributed by atoms with van der Waals surface area (Å²) < 4.78 is 5.13. The molecule has 4 aliphatic heterocycles. The molecule has 0 unspecified atom stereocenters. The summed E-state index contributed by atoms with van der Waals surface area (Å²) in [5.41, 5.74) is 2.67. The molecular formula is C19H26N2O2. The third-order valence-electron chi connectivity index (χ3n) is 6.09. The second-order valence-electron chi connectivity index (χ2n) is 7.35. The van der Waals surface area contributed by atoms with Crippen molar-refractivity contribution in [3.05, 3.63) is 35.4 Å². The molecule has 4 heterocycles. The number of carbonyl (C=O) groups excluding carboxylic acids is 1. The number of fused-ring (bicyclic) bond motifs is 2. The highest BCUT2D eigenvalue weighted by molar-refractivity contribution is 5.78. The minimum atomic E-state index is 0.158. The number of piperidine rings is 3. The number of hydrogen-bond donors (Lipinski definition) is 0. The predicted octanol–water partition coefficient (Wildman–Crippen LogP) is 2.03. The van der Waals surface area contributed by atoms with E-state index >= 15 is 0 Å². The normalized spacial score (nSPS) is 35.4. The molecule has 5 rings (SSSR count). The first-order chi connectivity index (χ1) is 11.2. The Morgan fingerprint density at radius 1 is 1.17 bits per heavy atom. The Hall–Kier alpha value is -1.39. The topological polar surface area (TPSA) is 32.8 Å². The molecule has 0 radical (unpaired) electrons. The molecule has 23 heavy (non-hydrogen) atoms. The molecule has 4 fully saturated rings. The average Bonchev–Trinajstić information content (AvgIpc) is 3.00. The summed E-state index contributed by atoms with van der Waals surface area (Å²) in [6.45, 7) is 5.56. The van der Waals surface area contributed by atoms with Crippen LogP contribution in [-0.2, 0) is 9.53 Å². The van der Waals surface area contributed by atoms with Crippen LogP contribution in [0, 0.1) is 12.8 Å². The summed E-state index contributed by atoms with van der Waals surface area (Å²) >= 11 is 0. The molecule has 124 valence electrons. The standard InChI is InChI=1S/C19H26N2O2/c1-13-3-5-14(6-4-13)16-11-21(17(22)12-23-2)18-15-7-9-20(10-8-15)19(16)18/h3-6,15-16,18-19H,7-12H2,1-2H3/t16-,18-,19-/m1/s1. The SMILES string of the molecule is COCC(=O)N1C[C@H](c2ccc(C)cc2)[C@@H]2[C@H]1C1CCN2CC1. The maximum absolute atomic E-state index is 12.6. The molecule has 0 N–H and O–H groups in total. The molecule has 1 amide bonds. The van der Waals surface area contributed by atoms with Gasteiger partial charge in [0.15, 0.2) is 0 Å². The second-order valence-corrected chi connectivity index (χ2v) is 7.35. The lowest BCUT2D eigenvalue weighted by atomic mass is 9.75. The van der Waals surface area contributed by atoms with Gasteiger partial charge in [0.25, 0.3) is 0 Å². The minimum Gasteiger partial charge on any atom is -0.375 e. The number of rotatable bonds is 3. The van der Waals surface area contributed by atoms with Crippen LogP contribution < -0.4 is 0 Å². The van der Waals surface area contributed by atoms with Crippen molar-refractivity contribution in [2.75, 3.05) is 33.4 Å². The minimum absolute atomic E-state index is 0.158. The Morgan fingerprint density at radius 3 is 2.52 bits per heavy atom. The molecule has 3 atom stereocenters. The van der Waals surface area contributed by atoms with E-state index in [-0.39, 0.29) is 12.5 Å². The van der Waals surface area contributed by atoms with Gasteiger partial charge in [0.1, 0.15) is 6.61 Å². The first kappa shape index (κ1) is 15.2. The maximum atomic E-state index is 12.6. The lowest BCUT2D eigenvalue weighted by molar-refractivity contribution is -0.139.